The summed E-state index contributed by atoms with van der Waals surface area (Å²) in [5, 5.41) is -0.0770. The molecule has 0 aromatic carbocycles. The van der Waals surface area contributed by atoms with Crippen LogP contribution in [0.2, 0.25) is 0 Å². The normalized spacial score (nSPS) is 9.79. The number of hydrogen-bond acceptors (Lipinski definition) is 4. The molecule has 0 bridgehead atoms. The minimum absolute atomic E-state index is 0.0619. The molecule has 0 atom stereocenters. The Labute approximate surface area is 94.4 Å². The molecule has 0 unspecified atom stereocenters. The molecule has 3 nitrogen and oxygen atoms in total. The van der Waals surface area contributed by atoms with Gasteiger partial charge < -0.3 is 4.79 Å². The van der Waals surface area contributed by atoms with Crippen molar-refractivity contribution in [2.24, 2.45) is 0 Å². The summed E-state index contributed by atoms with van der Waals surface area (Å²) < 4.78 is -0.229. The van der Waals surface area contributed by atoms with E-state index in [1.165, 1.54) is 25.6 Å². The fourth-order valence-corrected chi connectivity index (χ4v) is 1.56. The molecule has 5 heteroatoms. The predicted molar refractivity (Wildman–Crippen MR) is 62.7 cm³/mol. The van der Waals surface area contributed by atoms with Gasteiger partial charge in [0.2, 0.25) is 0 Å². The van der Waals surface area contributed by atoms with Crippen LogP contribution < -0.4 is 0 Å². The Morgan fingerprint density at radius 2 is 1.71 bits per heavy atom. The van der Waals surface area contributed by atoms with Gasteiger partial charge in [0.05, 0.1) is 0 Å². The van der Waals surface area contributed by atoms with Crippen LogP contribution in [-0.2, 0) is 14.4 Å². The van der Waals surface area contributed by atoms with Crippen LogP contribution >= 0.6 is 24.4 Å². The van der Waals surface area contributed by atoms with Crippen LogP contribution in [0.25, 0.3) is 0 Å². The fourth-order valence-electron chi connectivity index (χ4n) is 0.631. The van der Waals surface area contributed by atoms with E-state index in [4.69, 9.17) is 0 Å². The Bertz CT molecular complexity index is 208. The fraction of sp³-hybridized carbons (Fsp3) is 0.667. The minimum atomic E-state index is -0.229. The van der Waals surface area contributed by atoms with Crippen LogP contribution in [0, 0.1) is 0 Å². The Kier molecular flexibility index (Phi) is 9.29. The minimum Gasteiger partial charge on any atom is -0.303 e. The highest BCUT2D eigenvalue weighted by atomic mass is 32.2. The number of thiol groups is 1. The zero-order valence-electron chi connectivity index (χ0n) is 8.86. The van der Waals surface area contributed by atoms with Gasteiger partial charge in [-0.05, 0) is 13.8 Å². The van der Waals surface area contributed by atoms with Crippen LogP contribution in [0.3, 0.4) is 0 Å². The van der Waals surface area contributed by atoms with E-state index >= 15 is 0 Å². The highest BCUT2D eigenvalue weighted by Crippen LogP contribution is 2.27. The van der Waals surface area contributed by atoms with Crippen molar-refractivity contribution in [3.63, 3.8) is 0 Å². The van der Waals surface area contributed by atoms with Gasteiger partial charge in [0, 0.05) is 25.0 Å². The standard InChI is InChI=1S/C7H12O2S.C2H4OS/c1-6(9)10-7(2,3)4-5-8;1-2(3)4/h5H,4H2,1-3H3;1H3,(H,3,4). The molecule has 0 N–H and O–H groups in total. The summed E-state index contributed by atoms with van der Waals surface area (Å²) in [6, 6.07) is 0. The second kappa shape index (κ2) is 8.05. The number of thioether (sulfide) groups is 1. The summed E-state index contributed by atoms with van der Waals surface area (Å²) in [6.07, 6.45) is 1.27. The van der Waals surface area contributed by atoms with E-state index in [0.717, 1.165) is 6.29 Å². The van der Waals surface area contributed by atoms with E-state index in [2.05, 4.69) is 12.6 Å². The van der Waals surface area contributed by atoms with Crippen LogP contribution in [0.1, 0.15) is 34.1 Å². The zero-order chi connectivity index (χ0) is 11.8. The number of carbonyl (C=O) groups excluding carboxylic acids is 3. The van der Waals surface area contributed by atoms with Gasteiger partial charge in [0.1, 0.15) is 6.29 Å². The SMILES string of the molecule is CC(=O)S.CC(=O)SC(C)(C)CC=O. The van der Waals surface area contributed by atoms with Gasteiger partial charge in [-0.15, -0.1) is 12.6 Å². The first-order chi connectivity index (χ1) is 6.21. The predicted octanol–water partition coefficient (Wildman–Crippen LogP) is 2.10. The molecule has 0 amide bonds. The lowest BCUT2D eigenvalue weighted by Gasteiger charge is -2.18. The molecule has 0 aliphatic carbocycles. The van der Waals surface area contributed by atoms with Crippen molar-refractivity contribution in [1.82, 2.24) is 0 Å². The summed E-state index contributed by atoms with van der Waals surface area (Å²) in [5.41, 5.74) is 0. The maximum Gasteiger partial charge on any atom is 0.186 e. The molecular weight excluding hydrogens is 220 g/mol. The van der Waals surface area contributed by atoms with Crippen molar-refractivity contribution in [2.75, 3.05) is 0 Å². The van der Waals surface area contributed by atoms with Crippen LogP contribution in [0.4, 0.5) is 0 Å². The Morgan fingerprint density at radius 3 is 1.93 bits per heavy atom. The lowest BCUT2D eigenvalue weighted by molar-refractivity contribution is -0.110. The summed E-state index contributed by atoms with van der Waals surface area (Å²) in [7, 11) is 0. The third kappa shape index (κ3) is 17.7. The lowest BCUT2D eigenvalue weighted by Crippen LogP contribution is -2.16. The van der Waals surface area contributed by atoms with Crippen molar-refractivity contribution in [3.8, 4) is 0 Å². The summed E-state index contributed by atoms with van der Waals surface area (Å²) >= 11 is 4.54. The average molecular weight is 236 g/mol. The first-order valence-corrected chi connectivity index (χ1v) is 5.30. The van der Waals surface area contributed by atoms with E-state index in [9.17, 15) is 14.4 Å². The number of carbonyl (C=O) groups is 3. The van der Waals surface area contributed by atoms with Gasteiger partial charge >= 0.3 is 0 Å². The monoisotopic (exact) mass is 236 g/mol. The van der Waals surface area contributed by atoms with E-state index in [1.807, 2.05) is 13.8 Å². The lowest BCUT2D eigenvalue weighted by atomic mass is 10.1. The van der Waals surface area contributed by atoms with Gasteiger partial charge in [-0.25, -0.2) is 0 Å². The highest BCUT2D eigenvalue weighted by molar-refractivity contribution is 8.14. The zero-order valence-corrected chi connectivity index (χ0v) is 10.6. The number of hydrogen-bond donors (Lipinski definition) is 1. The van der Waals surface area contributed by atoms with Gasteiger partial charge in [-0.2, -0.15) is 0 Å². The molecule has 0 rings (SSSR count). The van der Waals surface area contributed by atoms with E-state index in [1.54, 1.807) is 0 Å². The van der Waals surface area contributed by atoms with Crippen molar-refractivity contribution in [1.29, 1.82) is 0 Å². The first-order valence-electron chi connectivity index (χ1n) is 4.04. The van der Waals surface area contributed by atoms with Gasteiger partial charge in [-0.1, -0.05) is 11.8 Å². The molecule has 0 saturated heterocycles. The third-order valence-electron chi connectivity index (χ3n) is 0.995. The van der Waals surface area contributed by atoms with E-state index < -0.39 is 0 Å². The molecule has 82 valence electrons. The molecule has 0 aliphatic rings. The maximum absolute atomic E-state index is 10.6. The smallest absolute Gasteiger partial charge is 0.186 e. The number of rotatable bonds is 3. The Morgan fingerprint density at radius 1 is 1.36 bits per heavy atom. The van der Waals surface area contributed by atoms with E-state index in [0.29, 0.717) is 6.42 Å². The maximum atomic E-state index is 10.6. The van der Waals surface area contributed by atoms with Gasteiger partial charge in [0.25, 0.3) is 0 Å². The first kappa shape index (κ1) is 16.2. The largest absolute Gasteiger partial charge is 0.303 e. The molecule has 0 fully saturated rings. The molecule has 0 saturated carbocycles. The van der Waals surface area contributed by atoms with Gasteiger partial charge in [0.15, 0.2) is 10.2 Å². The second-order valence-corrected chi connectivity index (χ2v) is 5.76. The molecule has 0 aromatic rings. The highest BCUT2D eigenvalue weighted by Gasteiger charge is 2.19. The molecular formula is C9H16O3S2. The summed E-state index contributed by atoms with van der Waals surface area (Å²) in [6.45, 7) is 6.67. The van der Waals surface area contributed by atoms with Crippen molar-refractivity contribution in [2.45, 2.75) is 38.9 Å². The molecule has 0 aromatic heterocycles. The average Bonchev–Trinajstić information content (AvgIpc) is 1.80. The second-order valence-electron chi connectivity index (χ2n) is 3.24. The van der Waals surface area contributed by atoms with Crippen LogP contribution in [-0.4, -0.2) is 21.3 Å². The molecule has 0 radical (unpaired) electrons. The van der Waals surface area contributed by atoms with Crippen LogP contribution in [0.5, 0.6) is 0 Å². The van der Waals surface area contributed by atoms with Crippen molar-refractivity contribution < 1.29 is 14.4 Å². The topological polar surface area (TPSA) is 51.2 Å². The van der Waals surface area contributed by atoms with Gasteiger partial charge in [-0.3, -0.25) is 9.59 Å². The quantitative estimate of drug-likeness (QED) is 0.602. The number of aldehydes is 1. The third-order valence-corrected chi connectivity index (χ3v) is 2.00. The van der Waals surface area contributed by atoms with Crippen molar-refractivity contribution in [3.05, 3.63) is 0 Å². The van der Waals surface area contributed by atoms with Crippen LogP contribution in [0.15, 0.2) is 0 Å². The molecule has 14 heavy (non-hydrogen) atoms. The van der Waals surface area contributed by atoms with E-state index in [-0.39, 0.29) is 15.0 Å². The van der Waals surface area contributed by atoms with Crippen molar-refractivity contribution >= 4 is 40.9 Å². The summed E-state index contributed by atoms with van der Waals surface area (Å²) in [4.78, 5) is 30.0. The molecule has 0 heterocycles. The Hall–Kier alpha value is -0.290. The summed E-state index contributed by atoms with van der Waals surface area (Å²) in [5.74, 6) is 0. The molecule has 0 spiro atoms. The molecule has 0 aliphatic heterocycles. The Balaban J connectivity index is 0.